The van der Waals surface area contributed by atoms with Gasteiger partial charge in [-0.15, -0.1) is 0 Å². The maximum absolute atomic E-state index is 12.4. The molecule has 0 atom stereocenters. The van der Waals surface area contributed by atoms with E-state index in [1.54, 1.807) is 18.2 Å². The van der Waals surface area contributed by atoms with Crippen LogP contribution in [-0.2, 0) is 19.1 Å². The van der Waals surface area contributed by atoms with E-state index in [4.69, 9.17) is 9.02 Å². The summed E-state index contributed by atoms with van der Waals surface area (Å²) >= 11 is 0. The van der Waals surface area contributed by atoms with E-state index in [9.17, 15) is 8.42 Å². The van der Waals surface area contributed by atoms with Gasteiger partial charge in [-0.3, -0.25) is 0 Å². The van der Waals surface area contributed by atoms with Gasteiger partial charge in [0, 0.05) is 18.5 Å². The summed E-state index contributed by atoms with van der Waals surface area (Å²) < 4.78 is 35.2. The summed E-state index contributed by atoms with van der Waals surface area (Å²) in [6.45, 7) is 1.85. The Balaban J connectivity index is 1.96. The molecule has 3 rings (SSSR count). The van der Waals surface area contributed by atoms with Crippen LogP contribution in [0.4, 0.5) is 0 Å². The number of hydrogen-bond acceptors (Lipinski definition) is 5. The maximum Gasteiger partial charge on any atom is 0.313 e. The van der Waals surface area contributed by atoms with Crippen molar-refractivity contribution in [2.24, 2.45) is 0 Å². The highest BCUT2D eigenvalue weighted by atomic mass is 32.2. The first-order valence-corrected chi connectivity index (χ1v) is 7.83. The summed E-state index contributed by atoms with van der Waals surface area (Å²) in [7, 11) is -3.82. The molecule has 6 heteroatoms. The predicted octanol–water partition coefficient (Wildman–Crippen LogP) is 1.79. The second-order valence-electron chi connectivity index (χ2n) is 4.55. The van der Waals surface area contributed by atoms with Gasteiger partial charge in [-0.05, 0) is 11.5 Å². The first-order chi connectivity index (χ1) is 9.67. The smallest absolute Gasteiger partial charge is 0.313 e. The maximum atomic E-state index is 12.4. The molecule has 1 heterocycles. The normalized spacial score (nSPS) is 17.4. The van der Waals surface area contributed by atoms with Crippen LogP contribution in [0, 0.1) is 0 Å². The van der Waals surface area contributed by atoms with Gasteiger partial charge in [-0.25, -0.2) is 0 Å². The molecule has 0 radical (unpaired) electrons. The molecule has 106 valence electrons. The number of hydroxylamine groups is 2. The van der Waals surface area contributed by atoms with E-state index >= 15 is 0 Å². The summed E-state index contributed by atoms with van der Waals surface area (Å²) in [4.78, 5) is 0.196. The lowest BCUT2D eigenvalue weighted by molar-refractivity contribution is -0.113. The average Bonchev–Trinajstić information content (AvgIpc) is 2.47. The topological polar surface area (TPSA) is 55.8 Å². The van der Waals surface area contributed by atoms with E-state index in [1.165, 1.54) is 5.06 Å². The first-order valence-electron chi connectivity index (χ1n) is 6.42. The van der Waals surface area contributed by atoms with Crippen LogP contribution >= 0.6 is 0 Å². The molecule has 0 saturated carbocycles. The third kappa shape index (κ3) is 2.69. The van der Waals surface area contributed by atoms with E-state index in [2.05, 4.69) is 0 Å². The molecule has 2 aromatic carbocycles. The van der Waals surface area contributed by atoms with Crippen molar-refractivity contribution in [1.29, 1.82) is 0 Å². The standard InChI is InChI=1S/C14H15NO4S/c16-20(17,19-15-8-10-18-11-9-15)14-7-3-5-12-4-1-2-6-13(12)14/h1-7H,8-11H2. The minimum Gasteiger partial charge on any atom is -0.379 e. The molecule has 1 aliphatic heterocycles. The molecule has 2 aromatic rings. The fraction of sp³-hybridized carbons (Fsp3) is 0.286. The molecule has 0 amide bonds. The predicted molar refractivity (Wildman–Crippen MR) is 74.6 cm³/mol. The van der Waals surface area contributed by atoms with Crippen molar-refractivity contribution < 1.29 is 17.4 Å². The number of ether oxygens (including phenoxy) is 1. The van der Waals surface area contributed by atoms with Crippen molar-refractivity contribution >= 4 is 20.9 Å². The number of hydrogen-bond donors (Lipinski definition) is 0. The second-order valence-corrected chi connectivity index (χ2v) is 6.04. The van der Waals surface area contributed by atoms with Gasteiger partial charge in [0.1, 0.15) is 4.90 Å². The molecule has 5 nitrogen and oxygen atoms in total. The molecule has 0 unspecified atom stereocenters. The lowest BCUT2D eigenvalue weighted by atomic mass is 10.1. The lowest BCUT2D eigenvalue weighted by Gasteiger charge is -2.25. The van der Waals surface area contributed by atoms with Crippen molar-refractivity contribution in [3.63, 3.8) is 0 Å². The molecule has 0 spiro atoms. The van der Waals surface area contributed by atoms with Crippen molar-refractivity contribution in [3.8, 4) is 0 Å². The molecule has 0 aliphatic carbocycles. The van der Waals surface area contributed by atoms with Gasteiger partial charge in [-0.1, -0.05) is 36.4 Å². The van der Waals surface area contributed by atoms with Crippen molar-refractivity contribution in [1.82, 2.24) is 5.06 Å². The van der Waals surface area contributed by atoms with E-state index in [1.807, 2.05) is 24.3 Å². The van der Waals surface area contributed by atoms with Crippen LogP contribution in [0.3, 0.4) is 0 Å². The van der Waals surface area contributed by atoms with Gasteiger partial charge >= 0.3 is 10.1 Å². The number of benzene rings is 2. The Hall–Kier alpha value is -1.47. The fourth-order valence-electron chi connectivity index (χ4n) is 2.21. The molecule has 20 heavy (non-hydrogen) atoms. The molecule has 0 aromatic heterocycles. The van der Waals surface area contributed by atoms with Gasteiger partial charge < -0.3 is 4.74 Å². The van der Waals surface area contributed by atoms with Crippen LogP contribution in [-0.4, -0.2) is 39.8 Å². The second kappa shape index (κ2) is 5.49. The summed E-state index contributed by atoms with van der Waals surface area (Å²) in [6, 6.07) is 12.5. The van der Waals surface area contributed by atoms with Crippen LogP contribution in [0.1, 0.15) is 0 Å². The van der Waals surface area contributed by atoms with Crippen molar-refractivity contribution in [2.45, 2.75) is 4.90 Å². The fourth-order valence-corrected chi connectivity index (χ4v) is 3.42. The Labute approximate surface area is 117 Å². The molecule has 1 fully saturated rings. The monoisotopic (exact) mass is 293 g/mol. The van der Waals surface area contributed by atoms with Crippen molar-refractivity contribution in [3.05, 3.63) is 42.5 Å². The minimum absolute atomic E-state index is 0.196. The Morgan fingerprint density at radius 2 is 1.70 bits per heavy atom. The highest BCUT2D eigenvalue weighted by Gasteiger charge is 2.23. The first kappa shape index (κ1) is 13.5. The van der Waals surface area contributed by atoms with Crippen LogP contribution < -0.4 is 0 Å². The SMILES string of the molecule is O=S(=O)(ON1CCOCC1)c1cccc2ccccc12. The summed E-state index contributed by atoms with van der Waals surface area (Å²) in [6.07, 6.45) is 0. The molecule has 0 bridgehead atoms. The largest absolute Gasteiger partial charge is 0.379 e. The molecule has 1 aliphatic rings. The summed E-state index contributed by atoms with van der Waals surface area (Å²) in [5, 5.41) is 2.98. The van der Waals surface area contributed by atoms with E-state index in [0.717, 1.165) is 5.39 Å². The summed E-state index contributed by atoms with van der Waals surface area (Å²) in [5.74, 6) is 0. The minimum atomic E-state index is -3.82. The zero-order valence-corrected chi connectivity index (χ0v) is 11.7. The quantitative estimate of drug-likeness (QED) is 0.863. The van der Waals surface area contributed by atoms with Crippen LogP contribution in [0.2, 0.25) is 0 Å². The lowest BCUT2D eigenvalue weighted by Crippen LogP contribution is -2.37. The Kier molecular flexibility index (Phi) is 3.71. The zero-order valence-electron chi connectivity index (χ0n) is 10.9. The van der Waals surface area contributed by atoms with Gasteiger partial charge in [0.05, 0.1) is 13.2 Å². The van der Waals surface area contributed by atoms with Crippen LogP contribution in [0.5, 0.6) is 0 Å². The number of nitrogens with zero attached hydrogens (tertiary/aromatic N) is 1. The number of rotatable bonds is 3. The molecular weight excluding hydrogens is 278 g/mol. The average molecular weight is 293 g/mol. The molecular formula is C14H15NO4S. The number of morpholine rings is 1. The van der Waals surface area contributed by atoms with Crippen molar-refractivity contribution in [2.75, 3.05) is 26.3 Å². The Bertz CT molecular complexity index is 703. The Morgan fingerprint density at radius 3 is 2.50 bits per heavy atom. The zero-order chi connectivity index (χ0) is 14.0. The molecule has 0 N–H and O–H groups in total. The van der Waals surface area contributed by atoms with E-state index < -0.39 is 10.1 Å². The van der Waals surface area contributed by atoms with Crippen LogP contribution in [0.15, 0.2) is 47.4 Å². The highest BCUT2D eigenvalue weighted by molar-refractivity contribution is 7.87. The Morgan fingerprint density at radius 1 is 1.00 bits per heavy atom. The highest BCUT2D eigenvalue weighted by Crippen LogP contribution is 2.24. The van der Waals surface area contributed by atoms with Gasteiger partial charge in [0.2, 0.25) is 0 Å². The third-order valence-corrected chi connectivity index (χ3v) is 4.49. The van der Waals surface area contributed by atoms with Gasteiger partial charge in [-0.2, -0.15) is 17.8 Å². The van der Waals surface area contributed by atoms with Crippen LogP contribution in [0.25, 0.3) is 10.8 Å². The molecule has 1 saturated heterocycles. The van der Waals surface area contributed by atoms with E-state index in [0.29, 0.717) is 31.7 Å². The number of fused-ring (bicyclic) bond motifs is 1. The van der Waals surface area contributed by atoms with Gasteiger partial charge in [0.25, 0.3) is 0 Å². The van der Waals surface area contributed by atoms with Gasteiger partial charge in [0.15, 0.2) is 0 Å². The third-order valence-electron chi connectivity index (χ3n) is 3.19. The summed E-state index contributed by atoms with van der Waals surface area (Å²) in [5.41, 5.74) is 0. The van der Waals surface area contributed by atoms with E-state index in [-0.39, 0.29) is 4.90 Å².